The van der Waals surface area contributed by atoms with Crippen molar-refractivity contribution in [2.24, 2.45) is 0 Å². The molecule has 9 heteroatoms. The molecule has 6 nitrogen and oxygen atoms in total. The third kappa shape index (κ3) is 4.01. The van der Waals surface area contributed by atoms with Crippen molar-refractivity contribution in [2.45, 2.75) is 17.8 Å². The van der Waals surface area contributed by atoms with Gasteiger partial charge in [-0.3, -0.25) is 9.36 Å². The average molecular weight is 466 g/mol. The maximum atomic E-state index is 12.3. The first-order valence-electron chi connectivity index (χ1n) is 9.46. The number of nitrogens with zero attached hydrogens (tertiary/aromatic N) is 4. The van der Waals surface area contributed by atoms with Gasteiger partial charge in [0.1, 0.15) is 10.5 Å². The van der Waals surface area contributed by atoms with Crippen molar-refractivity contribution < 1.29 is 0 Å². The van der Waals surface area contributed by atoms with E-state index in [0.29, 0.717) is 32.0 Å². The summed E-state index contributed by atoms with van der Waals surface area (Å²) in [5.41, 5.74) is 3.62. The summed E-state index contributed by atoms with van der Waals surface area (Å²) in [5, 5.41) is 12.1. The van der Waals surface area contributed by atoms with Crippen molar-refractivity contribution in [2.75, 3.05) is 0 Å². The number of aromatic nitrogens is 5. The van der Waals surface area contributed by atoms with Crippen LogP contribution >= 0.6 is 34.7 Å². The summed E-state index contributed by atoms with van der Waals surface area (Å²) in [4.78, 5) is 19.7. The van der Waals surface area contributed by atoms with Crippen molar-refractivity contribution in [3.05, 3.63) is 86.7 Å². The molecular formula is C22H16ClN5OS2. The zero-order chi connectivity index (χ0) is 21.4. The van der Waals surface area contributed by atoms with Crippen LogP contribution in [0.1, 0.15) is 11.4 Å². The molecule has 0 fully saturated rings. The lowest BCUT2D eigenvalue weighted by Crippen LogP contribution is -2.09. The summed E-state index contributed by atoms with van der Waals surface area (Å²) >= 11 is 8.95. The molecule has 31 heavy (non-hydrogen) atoms. The van der Waals surface area contributed by atoms with E-state index in [2.05, 4.69) is 26.2 Å². The number of halogens is 1. The zero-order valence-corrected chi connectivity index (χ0v) is 18.8. The van der Waals surface area contributed by atoms with E-state index in [-0.39, 0.29) is 5.56 Å². The molecule has 5 aromatic rings. The highest BCUT2D eigenvalue weighted by Gasteiger charge is 2.17. The summed E-state index contributed by atoms with van der Waals surface area (Å²) in [6.45, 7) is 2.05. The predicted octanol–water partition coefficient (Wildman–Crippen LogP) is 5.49. The number of aryl methyl sites for hydroxylation is 1. The van der Waals surface area contributed by atoms with Crippen molar-refractivity contribution >= 4 is 44.9 Å². The summed E-state index contributed by atoms with van der Waals surface area (Å²) in [6.07, 6.45) is 0. The molecule has 0 bridgehead atoms. The van der Waals surface area contributed by atoms with Crippen molar-refractivity contribution in [1.29, 1.82) is 0 Å². The molecule has 0 amide bonds. The van der Waals surface area contributed by atoms with E-state index >= 15 is 0 Å². The van der Waals surface area contributed by atoms with E-state index < -0.39 is 0 Å². The SMILES string of the molecule is Cc1cccc(-c2nnc(SCc3nc4ccsc4c(=O)[nH]3)n2-c2ccc(Cl)cc2)c1. The summed E-state index contributed by atoms with van der Waals surface area (Å²) < 4.78 is 2.64. The monoisotopic (exact) mass is 465 g/mol. The van der Waals surface area contributed by atoms with Crippen LogP contribution in [0.4, 0.5) is 0 Å². The normalized spacial score (nSPS) is 11.3. The number of hydrogen-bond donors (Lipinski definition) is 1. The van der Waals surface area contributed by atoms with E-state index in [0.717, 1.165) is 22.6 Å². The quantitative estimate of drug-likeness (QED) is 0.347. The molecule has 0 aliphatic heterocycles. The van der Waals surface area contributed by atoms with Crippen LogP contribution in [0.5, 0.6) is 0 Å². The maximum absolute atomic E-state index is 12.3. The Labute approximate surface area is 191 Å². The molecule has 1 N–H and O–H groups in total. The second-order valence-electron chi connectivity index (χ2n) is 6.92. The minimum atomic E-state index is -0.116. The summed E-state index contributed by atoms with van der Waals surface area (Å²) in [5.74, 6) is 1.80. The highest BCUT2D eigenvalue weighted by atomic mass is 35.5. The van der Waals surface area contributed by atoms with E-state index in [1.54, 1.807) is 0 Å². The van der Waals surface area contributed by atoms with Gasteiger partial charge >= 0.3 is 0 Å². The second-order valence-corrected chi connectivity index (χ2v) is 9.22. The molecule has 2 aromatic carbocycles. The molecule has 0 atom stereocenters. The molecule has 0 aliphatic rings. The summed E-state index contributed by atoms with van der Waals surface area (Å²) in [7, 11) is 0. The van der Waals surface area contributed by atoms with E-state index in [4.69, 9.17) is 11.6 Å². The number of thiophene rings is 1. The lowest BCUT2D eigenvalue weighted by atomic mass is 10.1. The molecule has 0 spiro atoms. The molecule has 3 aromatic heterocycles. The van der Waals surface area contributed by atoms with Gasteiger partial charge in [-0.15, -0.1) is 21.5 Å². The standard InChI is InChI=1S/C22H16ClN5OS2/c1-13-3-2-4-14(11-13)20-26-27-22(28(20)16-7-5-15(23)6-8-16)31-12-18-24-17-9-10-30-19(17)21(29)25-18/h2-11H,12H2,1H3,(H,24,25,29). The minimum absolute atomic E-state index is 0.116. The Kier molecular flexibility index (Phi) is 5.35. The van der Waals surface area contributed by atoms with Gasteiger partial charge < -0.3 is 4.98 Å². The van der Waals surface area contributed by atoms with Gasteiger partial charge in [0.2, 0.25) is 0 Å². The molecule has 154 valence electrons. The smallest absolute Gasteiger partial charge is 0.268 e. The fraction of sp³-hybridized carbons (Fsp3) is 0.0909. The fourth-order valence-electron chi connectivity index (χ4n) is 3.28. The highest BCUT2D eigenvalue weighted by molar-refractivity contribution is 7.98. The first kappa shape index (κ1) is 20.0. The second kappa shape index (κ2) is 8.30. The van der Waals surface area contributed by atoms with Gasteiger partial charge in [0, 0.05) is 16.3 Å². The Balaban J connectivity index is 1.54. The molecule has 0 radical (unpaired) electrons. The van der Waals surface area contributed by atoms with Crippen LogP contribution in [-0.2, 0) is 5.75 Å². The number of aromatic amines is 1. The van der Waals surface area contributed by atoms with Crippen LogP contribution < -0.4 is 5.56 Å². The first-order valence-corrected chi connectivity index (χ1v) is 11.7. The maximum Gasteiger partial charge on any atom is 0.268 e. The average Bonchev–Trinajstić information content (AvgIpc) is 3.40. The number of fused-ring (bicyclic) bond motifs is 1. The number of H-pyrrole nitrogens is 1. The van der Waals surface area contributed by atoms with Gasteiger partial charge in [-0.2, -0.15) is 0 Å². The van der Waals surface area contributed by atoms with Crippen LogP contribution in [-0.4, -0.2) is 24.7 Å². The van der Waals surface area contributed by atoms with Gasteiger partial charge in [0.05, 0.1) is 11.3 Å². The lowest BCUT2D eigenvalue weighted by Gasteiger charge is -2.11. The van der Waals surface area contributed by atoms with E-state index in [1.807, 2.05) is 65.4 Å². The van der Waals surface area contributed by atoms with Crippen molar-refractivity contribution in [3.63, 3.8) is 0 Å². The van der Waals surface area contributed by atoms with Crippen LogP contribution in [0.15, 0.2) is 69.9 Å². The Morgan fingerprint density at radius 1 is 1.13 bits per heavy atom. The highest BCUT2D eigenvalue weighted by Crippen LogP contribution is 2.30. The molecular weight excluding hydrogens is 450 g/mol. The molecule has 0 aliphatic carbocycles. The predicted molar refractivity (Wildman–Crippen MR) is 126 cm³/mol. The number of thioether (sulfide) groups is 1. The van der Waals surface area contributed by atoms with Crippen LogP contribution in [0.3, 0.4) is 0 Å². The van der Waals surface area contributed by atoms with Crippen LogP contribution in [0, 0.1) is 6.92 Å². The molecule has 0 unspecified atom stereocenters. The zero-order valence-electron chi connectivity index (χ0n) is 16.4. The van der Waals surface area contributed by atoms with Crippen LogP contribution in [0.2, 0.25) is 5.02 Å². The third-order valence-electron chi connectivity index (χ3n) is 4.70. The van der Waals surface area contributed by atoms with Gasteiger partial charge in [0.25, 0.3) is 5.56 Å². The largest absolute Gasteiger partial charge is 0.309 e. The van der Waals surface area contributed by atoms with E-state index in [1.165, 1.54) is 23.1 Å². The third-order valence-corrected chi connectivity index (χ3v) is 6.79. The Morgan fingerprint density at radius 3 is 2.77 bits per heavy atom. The Morgan fingerprint density at radius 2 is 1.97 bits per heavy atom. The number of nitrogens with one attached hydrogen (secondary N) is 1. The van der Waals surface area contributed by atoms with Crippen molar-refractivity contribution in [1.82, 2.24) is 24.7 Å². The molecule has 0 saturated heterocycles. The van der Waals surface area contributed by atoms with Gasteiger partial charge in [-0.25, -0.2) is 4.98 Å². The van der Waals surface area contributed by atoms with Gasteiger partial charge in [-0.05, 0) is 48.7 Å². The minimum Gasteiger partial charge on any atom is -0.309 e. The molecule has 5 rings (SSSR count). The van der Waals surface area contributed by atoms with Crippen LogP contribution in [0.25, 0.3) is 27.3 Å². The first-order chi connectivity index (χ1) is 15.1. The Hall–Kier alpha value is -2.94. The molecule has 0 saturated carbocycles. The van der Waals surface area contributed by atoms with E-state index in [9.17, 15) is 4.79 Å². The molecule has 3 heterocycles. The topological polar surface area (TPSA) is 76.5 Å². The van der Waals surface area contributed by atoms with Gasteiger partial charge in [-0.1, -0.05) is 47.1 Å². The number of benzene rings is 2. The number of rotatable bonds is 5. The van der Waals surface area contributed by atoms with Gasteiger partial charge in [0.15, 0.2) is 11.0 Å². The Bertz CT molecular complexity index is 1440. The van der Waals surface area contributed by atoms with Crippen molar-refractivity contribution in [3.8, 4) is 17.1 Å². The fourth-order valence-corrected chi connectivity index (χ4v) is 4.95. The number of hydrogen-bond acceptors (Lipinski definition) is 6. The summed E-state index contributed by atoms with van der Waals surface area (Å²) in [6, 6.07) is 17.6. The lowest BCUT2D eigenvalue weighted by molar-refractivity contribution is 0.883.